The van der Waals surface area contributed by atoms with Crippen LogP contribution < -0.4 is 0 Å². The molecule has 2 heterocycles. The number of ether oxygens (including phenoxy) is 1. The number of hydrogen-bond acceptors (Lipinski definition) is 4. The molecule has 4 rings (SSSR count). The number of pyridine rings is 1. The Morgan fingerprint density at radius 1 is 0.973 bits per heavy atom. The molecule has 0 aliphatic carbocycles. The fraction of sp³-hybridized carbons (Fsp3) is 0.276. The summed E-state index contributed by atoms with van der Waals surface area (Å²) in [5, 5.41) is 1.66. The molecule has 6 nitrogen and oxygen atoms in total. The van der Waals surface area contributed by atoms with Gasteiger partial charge in [0.15, 0.2) is 5.69 Å². The van der Waals surface area contributed by atoms with Crippen LogP contribution in [-0.2, 0) is 23.1 Å². The number of carbonyl (C=O) groups excluding carboxylic acids is 2. The van der Waals surface area contributed by atoms with Gasteiger partial charge >= 0.3 is 5.97 Å². The SMILES string of the molecule is COC(=O)c1cc2cc[nH]c2c(C(=O)N(CCc2ccc(Cl)c(Cl)c2)Cc2ccc(C(C)(C)C)cc2)n1. The van der Waals surface area contributed by atoms with Gasteiger partial charge in [-0.2, -0.15) is 0 Å². The number of rotatable bonds is 7. The van der Waals surface area contributed by atoms with E-state index in [0.29, 0.717) is 40.5 Å². The molecule has 192 valence electrons. The maximum absolute atomic E-state index is 13.9. The van der Waals surface area contributed by atoms with Gasteiger partial charge in [-0.15, -0.1) is 0 Å². The van der Waals surface area contributed by atoms with Crippen LogP contribution >= 0.6 is 23.2 Å². The van der Waals surface area contributed by atoms with Crippen molar-refractivity contribution in [2.24, 2.45) is 0 Å². The Hall–Kier alpha value is -3.35. The molecule has 1 N–H and O–H groups in total. The van der Waals surface area contributed by atoms with E-state index in [1.54, 1.807) is 29.3 Å². The normalized spacial score (nSPS) is 11.5. The molecule has 0 unspecified atom stereocenters. The summed E-state index contributed by atoms with van der Waals surface area (Å²) < 4.78 is 4.86. The van der Waals surface area contributed by atoms with Crippen LogP contribution in [0.3, 0.4) is 0 Å². The maximum atomic E-state index is 13.9. The molecule has 37 heavy (non-hydrogen) atoms. The van der Waals surface area contributed by atoms with Crippen molar-refractivity contribution in [1.82, 2.24) is 14.9 Å². The number of halogens is 2. The van der Waals surface area contributed by atoms with Crippen molar-refractivity contribution < 1.29 is 14.3 Å². The van der Waals surface area contributed by atoms with Crippen molar-refractivity contribution in [2.75, 3.05) is 13.7 Å². The molecular weight excluding hydrogens is 509 g/mol. The standard InChI is InChI=1S/C29H29Cl2N3O3/c1-29(2,3)21-8-5-19(6-9-21)17-34(14-12-18-7-10-22(30)23(31)15-18)27(35)26-25-20(11-13-32-25)16-24(33-26)28(36)37-4/h5-11,13,15-16,32H,12,14,17H2,1-4H3. The van der Waals surface area contributed by atoms with E-state index in [1.807, 2.05) is 24.3 Å². The molecule has 0 saturated carbocycles. The number of hydrogen-bond donors (Lipinski definition) is 1. The maximum Gasteiger partial charge on any atom is 0.356 e. The Labute approximate surface area is 226 Å². The summed E-state index contributed by atoms with van der Waals surface area (Å²) in [4.78, 5) is 35.4. The number of amides is 1. The third kappa shape index (κ3) is 6.14. The van der Waals surface area contributed by atoms with Crippen molar-refractivity contribution >= 4 is 46.0 Å². The van der Waals surface area contributed by atoms with Crippen LogP contribution in [0.25, 0.3) is 10.9 Å². The second kappa shape index (κ2) is 11.0. The van der Waals surface area contributed by atoms with Crippen LogP contribution in [0, 0.1) is 0 Å². The van der Waals surface area contributed by atoms with E-state index in [-0.39, 0.29) is 22.7 Å². The molecule has 2 aromatic carbocycles. The smallest absolute Gasteiger partial charge is 0.356 e. The fourth-order valence-electron chi connectivity index (χ4n) is 4.12. The number of carbonyl (C=O) groups is 2. The first kappa shape index (κ1) is 26.7. The molecule has 2 aromatic heterocycles. The Bertz CT molecular complexity index is 1440. The molecule has 0 radical (unpaired) electrons. The van der Waals surface area contributed by atoms with Crippen LogP contribution in [-0.4, -0.2) is 40.4 Å². The minimum Gasteiger partial charge on any atom is -0.464 e. The largest absolute Gasteiger partial charge is 0.464 e. The van der Waals surface area contributed by atoms with Gasteiger partial charge in [0.05, 0.1) is 22.7 Å². The zero-order chi connectivity index (χ0) is 26.7. The third-order valence-electron chi connectivity index (χ3n) is 6.27. The van der Waals surface area contributed by atoms with E-state index in [1.165, 1.54) is 12.7 Å². The summed E-state index contributed by atoms with van der Waals surface area (Å²) >= 11 is 12.3. The summed E-state index contributed by atoms with van der Waals surface area (Å²) in [5.41, 5.74) is 4.00. The molecule has 0 aliphatic heterocycles. The minimum absolute atomic E-state index is 0.0271. The number of aromatic nitrogens is 2. The van der Waals surface area contributed by atoms with Gasteiger partial charge in [-0.25, -0.2) is 9.78 Å². The predicted molar refractivity (Wildman–Crippen MR) is 147 cm³/mol. The lowest BCUT2D eigenvalue weighted by atomic mass is 9.87. The highest BCUT2D eigenvalue weighted by molar-refractivity contribution is 6.42. The summed E-state index contributed by atoms with van der Waals surface area (Å²) in [5.74, 6) is -0.893. The summed E-state index contributed by atoms with van der Waals surface area (Å²) in [6.07, 6.45) is 2.28. The molecule has 0 bridgehead atoms. The van der Waals surface area contributed by atoms with Gasteiger partial charge in [-0.05, 0) is 52.8 Å². The molecule has 1 amide bonds. The van der Waals surface area contributed by atoms with Crippen LogP contribution in [0.2, 0.25) is 10.0 Å². The van der Waals surface area contributed by atoms with Crippen LogP contribution in [0.4, 0.5) is 0 Å². The van der Waals surface area contributed by atoms with Crippen molar-refractivity contribution in [3.8, 4) is 0 Å². The molecule has 0 fully saturated rings. The predicted octanol–water partition coefficient (Wildman–Crippen LogP) is 6.84. The molecule has 0 saturated heterocycles. The van der Waals surface area contributed by atoms with Crippen LogP contribution in [0.1, 0.15) is 58.4 Å². The number of H-pyrrole nitrogens is 1. The molecule has 0 spiro atoms. The summed E-state index contributed by atoms with van der Waals surface area (Å²) in [6, 6.07) is 17.1. The monoisotopic (exact) mass is 537 g/mol. The van der Waals surface area contributed by atoms with Crippen molar-refractivity contribution in [3.63, 3.8) is 0 Å². The van der Waals surface area contributed by atoms with E-state index >= 15 is 0 Å². The first-order valence-electron chi connectivity index (χ1n) is 12.0. The molecule has 8 heteroatoms. The highest BCUT2D eigenvalue weighted by Gasteiger charge is 2.24. The quantitative estimate of drug-likeness (QED) is 0.262. The first-order valence-corrected chi connectivity index (χ1v) is 12.7. The van der Waals surface area contributed by atoms with Crippen molar-refractivity contribution in [1.29, 1.82) is 0 Å². The molecule has 0 atom stereocenters. The summed E-state index contributed by atoms with van der Waals surface area (Å²) in [6.45, 7) is 7.27. The van der Waals surface area contributed by atoms with Crippen LogP contribution in [0.15, 0.2) is 60.8 Å². The average Bonchev–Trinajstić information content (AvgIpc) is 3.35. The number of nitrogens with one attached hydrogen (secondary N) is 1. The van der Waals surface area contributed by atoms with Crippen LogP contribution in [0.5, 0.6) is 0 Å². The van der Waals surface area contributed by atoms with Crippen molar-refractivity contribution in [2.45, 2.75) is 39.2 Å². The number of esters is 1. The average molecular weight is 538 g/mol. The van der Waals surface area contributed by atoms with Crippen molar-refractivity contribution in [3.05, 3.63) is 98.9 Å². The number of aromatic amines is 1. The minimum atomic E-state index is -0.600. The second-order valence-corrected chi connectivity index (χ2v) is 10.8. The Morgan fingerprint density at radius 3 is 2.32 bits per heavy atom. The zero-order valence-corrected chi connectivity index (χ0v) is 22.8. The zero-order valence-electron chi connectivity index (χ0n) is 21.3. The fourth-order valence-corrected chi connectivity index (χ4v) is 4.44. The number of fused-ring (bicyclic) bond motifs is 1. The topological polar surface area (TPSA) is 75.3 Å². The first-order chi connectivity index (χ1) is 17.6. The molecular formula is C29H29Cl2N3O3. The van der Waals surface area contributed by atoms with Gasteiger partial charge in [0.25, 0.3) is 5.91 Å². The number of methoxy groups -OCH3 is 1. The molecule has 4 aromatic rings. The van der Waals surface area contributed by atoms with Gasteiger partial charge in [0.1, 0.15) is 5.69 Å². The number of nitrogens with zero attached hydrogens (tertiary/aromatic N) is 2. The van der Waals surface area contributed by atoms with E-state index in [9.17, 15) is 9.59 Å². The van der Waals surface area contributed by atoms with Gasteiger partial charge in [0.2, 0.25) is 0 Å². The van der Waals surface area contributed by atoms with E-state index in [2.05, 4.69) is 42.9 Å². The number of benzene rings is 2. The lowest BCUT2D eigenvalue weighted by Gasteiger charge is -2.24. The second-order valence-electron chi connectivity index (χ2n) is 9.96. The highest BCUT2D eigenvalue weighted by atomic mass is 35.5. The van der Waals surface area contributed by atoms with E-state index in [4.69, 9.17) is 27.9 Å². The van der Waals surface area contributed by atoms with Gasteiger partial charge in [-0.1, -0.05) is 74.3 Å². The van der Waals surface area contributed by atoms with Gasteiger partial charge in [-0.3, -0.25) is 4.79 Å². The highest BCUT2D eigenvalue weighted by Crippen LogP contribution is 2.25. The van der Waals surface area contributed by atoms with Gasteiger partial charge in [0, 0.05) is 24.7 Å². The van der Waals surface area contributed by atoms with Gasteiger partial charge < -0.3 is 14.6 Å². The Kier molecular flexibility index (Phi) is 7.90. The van der Waals surface area contributed by atoms with E-state index < -0.39 is 5.97 Å². The Morgan fingerprint density at radius 2 is 1.68 bits per heavy atom. The summed E-state index contributed by atoms with van der Waals surface area (Å²) in [7, 11) is 1.29. The third-order valence-corrected chi connectivity index (χ3v) is 7.01. The molecule has 0 aliphatic rings. The lowest BCUT2D eigenvalue weighted by Crippen LogP contribution is -2.33. The lowest BCUT2D eigenvalue weighted by molar-refractivity contribution is 0.0594. The van der Waals surface area contributed by atoms with E-state index in [0.717, 1.165) is 11.1 Å². The Balaban J connectivity index is 1.69.